The second-order valence-corrected chi connectivity index (χ2v) is 7.62. The van der Waals surface area contributed by atoms with Crippen LogP contribution in [0.5, 0.6) is 0 Å². The van der Waals surface area contributed by atoms with Crippen molar-refractivity contribution in [2.75, 3.05) is 17.2 Å². The number of carbonyl (C=O) groups excluding carboxylic acids is 1. The third-order valence-corrected chi connectivity index (χ3v) is 5.46. The number of amides is 1. The number of hydrogen-bond acceptors (Lipinski definition) is 3. The summed E-state index contributed by atoms with van der Waals surface area (Å²) in [5.74, 6) is 0.811. The van der Waals surface area contributed by atoms with Crippen molar-refractivity contribution in [3.05, 3.63) is 24.3 Å². The van der Waals surface area contributed by atoms with E-state index < -0.39 is 0 Å². The highest BCUT2D eigenvalue weighted by atomic mass is 16.1. The lowest BCUT2D eigenvalue weighted by atomic mass is 9.88. The molecule has 1 heterocycles. The molecule has 3 N–H and O–H groups in total. The summed E-state index contributed by atoms with van der Waals surface area (Å²) in [6.07, 6.45) is 7.93. The van der Waals surface area contributed by atoms with Crippen LogP contribution in [0, 0.1) is 11.8 Å². The van der Waals surface area contributed by atoms with Crippen LogP contribution in [-0.4, -0.2) is 24.5 Å². The van der Waals surface area contributed by atoms with Gasteiger partial charge in [0.25, 0.3) is 0 Å². The maximum Gasteiger partial charge on any atom is 0.226 e. The maximum atomic E-state index is 11.8. The minimum absolute atomic E-state index is 0.00467. The zero-order valence-electron chi connectivity index (χ0n) is 15.0. The van der Waals surface area contributed by atoms with Gasteiger partial charge < -0.3 is 16.0 Å². The van der Waals surface area contributed by atoms with E-state index in [4.69, 9.17) is 0 Å². The summed E-state index contributed by atoms with van der Waals surface area (Å²) in [6.45, 7) is 4.99. The van der Waals surface area contributed by atoms with Gasteiger partial charge in [-0.1, -0.05) is 26.7 Å². The fraction of sp³-hybridized carbons (Fsp3) is 0.650. The Morgan fingerprint density at radius 1 is 1.04 bits per heavy atom. The minimum Gasteiger partial charge on any atom is -0.382 e. The standard InChI is InChI=1S/C20H31N3O/c1-14(2)20(24)23-16-11-9-15(10-12-16)22-19-8-5-6-17(19)18-7-3-4-13-21-18/h9-12,14,17-19,21-22H,3-8,13H2,1-2H3,(H,23,24). The Labute approximate surface area is 145 Å². The molecule has 1 aliphatic heterocycles. The van der Waals surface area contributed by atoms with Gasteiger partial charge >= 0.3 is 0 Å². The van der Waals surface area contributed by atoms with Gasteiger partial charge in [-0.3, -0.25) is 4.79 Å². The maximum absolute atomic E-state index is 11.8. The van der Waals surface area contributed by atoms with Gasteiger partial charge in [-0.15, -0.1) is 0 Å². The average molecular weight is 329 g/mol. The summed E-state index contributed by atoms with van der Waals surface area (Å²) in [6, 6.07) is 9.40. The Kier molecular flexibility index (Phi) is 5.77. The predicted octanol–water partition coefficient (Wildman–Crippen LogP) is 4.00. The molecule has 3 unspecified atom stereocenters. The molecule has 4 nitrogen and oxygen atoms in total. The van der Waals surface area contributed by atoms with Crippen molar-refractivity contribution in [3.8, 4) is 0 Å². The van der Waals surface area contributed by atoms with E-state index in [1.807, 2.05) is 26.0 Å². The van der Waals surface area contributed by atoms with Crippen LogP contribution < -0.4 is 16.0 Å². The molecule has 0 spiro atoms. The molecule has 0 aromatic heterocycles. The molecule has 2 aliphatic rings. The smallest absolute Gasteiger partial charge is 0.226 e. The first-order valence-electron chi connectivity index (χ1n) is 9.54. The van der Waals surface area contributed by atoms with Crippen LogP contribution in [0.25, 0.3) is 0 Å². The zero-order valence-corrected chi connectivity index (χ0v) is 15.0. The van der Waals surface area contributed by atoms with Crippen molar-refractivity contribution in [2.45, 2.75) is 64.5 Å². The Morgan fingerprint density at radius 3 is 2.46 bits per heavy atom. The van der Waals surface area contributed by atoms with Gasteiger partial charge in [0.2, 0.25) is 5.91 Å². The first-order chi connectivity index (χ1) is 11.6. The first kappa shape index (κ1) is 17.3. The third kappa shape index (κ3) is 4.29. The number of rotatable bonds is 5. The second-order valence-electron chi connectivity index (χ2n) is 7.62. The Balaban J connectivity index is 1.57. The van der Waals surface area contributed by atoms with E-state index in [0.717, 1.165) is 17.3 Å². The van der Waals surface area contributed by atoms with Crippen LogP contribution >= 0.6 is 0 Å². The van der Waals surface area contributed by atoms with Gasteiger partial charge in [-0.05, 0) is 62.4 Å². The molecular weight excluding hydrogens is 298 g/mol. The normalized spacial score (nSPS) is 27.2. The molecule has 0 bridgehead atoms. The lowest BCUT2D eigenvalue weighted by molar-refractivity contribution is -0.118. The molecular formula is C20H31N3O. The largest absolute Gasteiger partial charge is 0.382 e. The van der Waals surface area contributed by atoms with Crippen molar-refractivity contribution >= 4 is 17.3 Å². The van der Waals surface area contributed by atoms with Gasteiger partial charge in [-0.25, -0.2) is 0 Å². The highest BCUT2D eigenvalue weighted by molar-refractivity contribution is 5.92. The van der Waals surface area contributed by atoms with Crippen LogP contribution in [-0.2, 0) is 4.79 Å². The summed E-state index contributed by atoms with van der Waals surface area (Å²) >= 11 is 0. The summed E-state index contributed by atoms with van der Waals surface area (Å²) in [5.41, 5.74) is 2.03. The molecule has 4 heteroatoms. The van der Waals surface area contributed by atoms with Crippen molar-refractivity contribution in [3.63, 3.8) is 0 Å². The Hall–Kier alpha value is -1.55. The van der Waals surface area contributed by atoms with Gasteiger partial charge in [0.1, 0.15) is 0 Å². The van der Waals surface area contributed by atoms with E-state index in [-0.39, 0.29) is 11.8 Å². The topological polar surface area (TPSA) is 53.2 Å². The Morgan fingerprint density at radius 2 is 1.79 bits per heavy atom. The molecule has 3 atom stereocenters. The monoisotopic (exact) mass is 329 g/mol. The summed E-state index contributed by atoms with van der Waals surface area (Å²) in [4.78, 5) is 11.8. The van der Waals surface area contributed by atoms with Crippen LogP contribution in [0.15, 0.2) is 24.3 Å². The SMILES string of the molecule is CC(C)C(=O)Nc1ccc(NC2CCCC2C2CCCCN2)cc1. The lowest BCUT2D eigenvalue weighted by Crippen LogP contribution is -2.44. The number of hydrogen-bond donors (Lipinski definition) is 3. The second kappa shape index (κ2) is 8.02. The van der Waals surface area contributed by atoms with Crippen LogP contribution in [0.3, 0.4) is 0 Å². The molecule has 1 aliphatic carbocycles. The van der Waals surface area contributed by atoms with Crippen molar-refractivity contribution in [2.24, 2.45) is 11.8 Å². The van der Waals surface area contributed by atoms with Crippen LogP contribution in [0.4, 0.5) is 11.4 Å². The molecule has 24 heavy (non-hydrogen) atoms. The van der Waals surface area contributed by atoms with Crippen molar-refractivity contribution in [1.82, 2.24) is 5.32 Å². The van der Waals surface area contributed by atoms with Gasteiger partial charge in [0.15, 0.2) is 0 Å². The molecule has 1 saturated carbocycles. The molecule has 1 aromatic carbocycles. The summed E-state index contributed by atoms with van der Waals surface area (Å²) < 4.78 is 0. The molecule has 132 valence electrons. The average Bonchev–Trinajstić information content (AvgIpc) is 3.05. The van der Waals surface area contributed by atoms with E-state index in [1.165, 1.54) is 45.1 Å². The molecule has 3 rings (SSSR count). The summed E-state index contributed by atoms with van der Waals surface area (Å²) in [7, 11) is 0. The molecule has 2 fully saturated rings. The highest BCUT2D eigenvalue weighted by Crippen LogP contribution is 2.33. The van der Waals surface area contributed by atoms with Crippen LogP contribution in [0.1, 0.15) is 52.4 Å². The quantitative estimate of drug-likeness (QED) is 0.765. The van der Waals surface area contributed by atoms with E-state index in [1.54, 1.807) is 0 Å². The predicted molar refractivity (Wildman–Crippen MR) is 100 cm³/mol. The van der Waals surface area contributed by atoms with E-state index in [2.05, 4.69) is 28.1 Å². The third-order valence-electron chi connectivity index (χ3n) is 5.46. The zero-order chi connectivity index (χ0) is 16.9. The number of anilines is 2. The van der Waals surface area contributed by atoms with E-state index in [9.17, 15) is 4.79 Å². The number of piperidine rings is 1. The van der Waals surface area contributed by atoms with Gasteiger partial charge in [-0.2, -0.15) is 0 Å². The number of carbonyl (C=O) groups is 1. The lowest BCUT2D eigenvalue weighted by Gasteiger charge is -2.33. The van der Waals surface area contributed by atoms with E-state index >= 15 is 0 Å². The first-order valence-corrected chi connectivity index (χ1v) is 9.54. The van der Waals surface area contributed by atoms with Crippen molar-refractivity contribution in [1.29, 1.82) is 0 Å². The molecule has 1 saturated heterocycles. The fourth-order valence-electron chi connectivity index (χ4n) is 4.04. The molecule has 0 radical (unpaired) electrons. The Bertz CT molecular complexity index is 534. The van der Waals surface area contributed by atoms with Gasteiger partial charge in [0.05, 0.1) is 0 Å². The minimum atomic E-state index is 0.00467. The van der Waals surface area contributed by atoms with E-state index in [0.29, 0.717) is 12.1 Å². The highest BCUT2D eigenvalue weighted by Gasteiger charge is 2.34. The number of nitrogens with one attached hydrogen (secondary N) is 3. The van der Waals surface area contributed by atoms with Gasteiger partial charge in [0, 0.05) is 29.4 Å². The van der Waals surface area contributed by atoms with Crippen molar-refractivity contribution < 1.29 is 4.79 Å². The molecule has 1 amide bonds. The fourth-order valence-corrected chi connectivity index (χ4v) is 4.04. The molecule has 1 aromatic rings. The number of benzene rings is 1. The van der Waals surface area contributed by atoms with Crippen LogP contribution in [0.2, 0.25) is 0 Å². The summed E-state index contributed by atoms with van der Waals surface area (Å²) in [5, 5.41) is 10.4.